The van der Waals surface area contributed by atoms with Crippen LogP contribution in [0.4, 0.5) is 11.4 Å². The summed E-state index contributed by atoms with van der Waals surface area (Å²) in [5, 5.41) is 15.7. The minimum Gasteiger partial charge on any atom is -0.277 e. The molecule has 0 fully saturated rings. The molecule has 0 unspecified atom stereocenters. The van der Waals surface area contributed by atoms with E-state index >= 15 is 0 Å². The molecule has 0 amide bonds. The molecule has 29 heavy (non-hydrogen) atoms. The van der Waals surface area contributed by atoms with Gasteiger partial charge >= 0.3 is 0 Å². The molecule has 0 radical (unpaired) electrons. The highest BCUT2D eigenvalue weighted by molar-refractivity contribution is 7.89. The van der Waals surface area contributed by atoms with E-state index in [4.69, 9.17) is 0 Å². The Balaban J connectivity index is 2.03. The number of nitrogens with zero attached hydrogens (tertiary/aromatic N) is 3. The lowest BCUT2D eigenvalue weighted by molar-refractivity contribution is -0.385. The number of hydrazone groups is 1. The molecule has 8 nitrogen and oxygen atoms in total. The summed E-state index contributed by atoms with van der Waals surface area (Å²) in [6.07, 6.45) is 2.71. The monoisotopic (exact) mass is 416 g/mol. The van der Waals surface area contributed by atoms with Gasteiger partial charge in [0.15, 0.2) is 0 Å². The van der Waals surface area contributed by atoms with Crippen molar-refractivity contribution >= 4 is 27.1 Å². The second-order valence-corrected chi connectivity index (χ2v) is 8.61. The van der Waals surface area contributed by atoms with Crippen molar-refractivity contribution in [1.29, 1.82) is 0 Å². The molecule has 1 aliphatic rings. The van der Waals surface area contributed by atoms with Crippen LogP contribution in [0.3, 0.4) is 0 Å². The lowest BCUT2D eigenvalue weighted by Crippen LogP contribution is -2.31. The number of non-ortho nitro benzene ring substituents is 1. The van der Waals surface area contributed by atoms with E-state index in [2.05, 4.69) is 16.6 Å². The largest absolute Gasteiger partial charge is 0.277 e. The molecular formula is C20H24N4O4S. The highest BCUT2D eigenvalue weighted by atomic mass is 32.2. The Bertz CT molecular complexity index is 1050. The third-order valence-electron chi connectivity index (χ3n) is 5.00. The highest BCUT2D eigenvalue weighted by Crippen LogP contribution is 2.30. The molecule has 0 bridgehead atoms. The lowest BCUT2D eigenvalue weighted by Gasteiger charge is -2.21. The molecule has 154 valence electrons. The summed E-state index contributed by atoms with van der Waals surface area (Å²) in [5.74, 6) is 0. The smallest absolute Gasteiger partial charge is 0.270 e. The summed E-state index contributed by atoms with van der Waals surface area (Å²) < 4.78 is 27.4. The first-order valence-electron chi connectivity index (χ1n) is 9.58. The number of nitro benzene ring substituents is 1. The van der Waals surface area contributed by atoms with E-state index in [1.807, 2.05) is 18.2 Å². The molecule has 1 aliphatic carbocycles. The zero-order valence-corrected chi connectivity index (χ0v) is 17.3. The van der Waals surface area contributed by atoms with Gasteiger partial charge in [-0.1, -0.05) is 38.1 Å². The van der Waals surface area contributed by atoms with Gasteiger partial charge in [0, 0.05) is 30.8 Å². The lowest BCUT2D eigenvalue weighted by atomic mass is 9.90. The number of fused-ring (bicyclic) bond motifs is 1. The van der Waals surface area contributed by atoms with Crippen molar-refractivity contribution in [3.05, 3.63) is 63.7 Å². The van der Waals surface area contributed by atoms with Gasteiger partial charge in [-0.15, -0.1) is 0 Å². The van der Waals surface area contributed by atoms with Gasteiger partial charge < -0.3 is 0 Å². The predicted octanol–water partition coefficient (Wildman–Crippen LogP) is 3.78. The number of sulfonamides is 1. The first-order chi connectivity index (χ1) is 13.9. The van der Waals surface area contributed by atoms with E-state index in [1.165, 1.54) is 22.0 Å². The van der Waals surface area contributed by atoms with Crippen molar-refractivity contribution in [1.82, 2.24) is 4.31 Å². The van der Waals surface area contributed by atoms with Crippen LogP contribution in [0, 0.1) is 10.1 Å². The Morgan fingerprint density at radius 2 is 1.86 bits per heavy atom. The molecule has 1 N–H and O–H groups in total. The molecule has 0 atom stereocenters. The predicted molar refractivity (Wildman–Crippen MR) is 113 cm³/mol. The second kappa shape index (κ2) is 8.71. The van der Waals surface area contributed by atoms with Crippen LogP contribution in [-0.4, -0.2) is 36.4 Å². The number of aryl methyl sites for hydroxylation is 1. The van der Waals surface area contributed by atoms with Crippen LogP contribution in [0.2, 0.25) is 0 Å². The van der Waals surface area contributed by atoms with Gasteiger partial charge in [-0.2, -0.15) is 9.41 Å². The Morgan fingerprint density at radius 1 is 1.14 bits per heavy atom. The first kappa shape index (κ1) is 20.9. The standard InChI is InChI=1S/C20H24N4O4S/c1-3-23(4-2)29(27,28)20-14-16(24(25)26)12-13-19(20)22-21-18-11-7-9-15-8-5-6-10-17(15)18/h5-6,8,10,12-14,22H,3-4,7,9,11H2,1-2H3/b21-18-. The van der Waals surface area contributed by atoms with Crippen LogP contribution in [0.15, 0.2) is 52.5 Å². The zero-order valence-electron chi connectivity index (χ0n) is 16.5. The fraction of sp³-hybridized carbons (Fsp3) is 0.350. The average Bonchev–Trinajstić information content (AvgIpc) is 2.72. The normalized spacial score (nSPS) is 15.3. The van der Waals surface area contributed by atoms with Gasteiger partial charge in [-0.25, -0.2) is 8.42 Å². The maximum atomic E-state index is 13.1. The molecule has 3 rings (SSSR count). The molecular weight excluding hydrogens is 392 g/mol. The van der Waals surface area contributed by atoms with Crippen LogP contribution in [0.25, 0.3) is 0 Å². The molecule has 0 saturated carbocycles. The SMILES string of the molecule is CCN(CC)S(=O)(=O)c1cc([N+](=O)[O-])ccc1N/N=C1/CCCc2ccccc21. The van der Waals surface area contributed by atoms with Crippen molar-refractivity contribution in [2.75, 3.05) is 18.5 Å². The number of nitro groups is 1. The second-order valence-electron chi connectivity index (χ2n) is 6.71. The molecule has 0 spiro atoms. The highest BCUT2D eigenvalue weighted by Gasteiger charge is 2.27. The van der Waals surface area contributed by atoms with Crippen molar-refractivity contribution < 1.29 is 13.3 Å². The fourth-order valence-electron chi connectivity index (χ4n) is 3.48. The van der Waals surface area contributed by atoms with Crippen molar-refractivity contribution in [2.24, 2.45) is 5.10 Å². The minimum absolute atomic E-state index is 0.149. The molecule has 9 heteroatoms. The topological polar surface area (TPSA) is 105 Å². The van der Waals surface area contributed by atoms with Crippen LogP contribution in [0.5, 0.6) is 0 Å². The van der Waals surface area contributed by atoms with E-state index in [-0.39, 0.29) is 29.4 Å². The van der Waals surface area contributed by atoms with Gasteiger partial charge in [0.05, 0.1) is 16.3 Å². The van der Waals surface area contributed by atoms with Gasteiger partial charge in [0.2, 0.25) is 10.0 Å². The third kappa shape index (κ3) is 4.30. The first-order valence-corrected chi connectivity index (χ1v) is 11.0. The van der Waals surface area contributed by atoms with Gasteiger partial charge in [-0.05, 0) is 30.9 Å². The van der Waals surface area contributed by atoms with Crippen LogP contribution in [-0.2, 0) is 16.4 Å². The number of nitrogens with one attached hydrogen (secondary N) is 1. The van der Waals surface area contributed by atoms with E-state index in [9.17, 15) is 18.5 Å². The van der Waals surface area contributed by atoms with Crippen LogP contribution >= 0.6 is 0 Å². The van der Waals surface area contributed by atoms with E-state index < -0.39 is 14.9 Å². The quantitative estimate of drug-likeness (QED) is 0.546. The van der Waals surface area contributed by atoms with Crippen LogP contribution < -0.4 is 5.43 Å². The van der Waals surface area contributed by atoms with Gasteiger partial charge in [0.25, 0.3) is 5.69 Å². The Morgan fingerprint density at radius 3 is 2.55 bits per heavy atom. The number of anilines is 1. The minimum atomic E-state index is -3.90. The average molecular weight is 417 g/mol. The third-order valence-corrected chi connectivity index (χ3v) is 7.09. The van der Waals surface area contributed by atoms with Crippen molar-refractivity contribution in [3.8, 4) is 0 Å². The van der Waals surface area contributed by atoms with Crippen LogP contribution in [0.1, 0.15) is 37.8 Å². The number of hydrogen-bond donors (Lipinski definition) is 1. The zero-order chi connectivity index (χ0) is 21.0. The maximum Gasteiger partial charge on any atom is 0.270 e. The Hall–Kier alpha value is -2.78. The van der Waals surface area contributed by atoms with Gasteiger partial charge in [-0.3, -0.25) is 15.5 Å². The van der Waals surface area contributed by atoms with E-state index in [0.717, 1.165) is 36.6 Å². The number of rotatable bonds is 7. The van der Waals surface area contributed by atoms with Crippen molar-refractivity contribution in [3.63, 3.8) is 0 Å². The van der Waals surface area contributed by atoms with E-state index in [0.29, 0.717) is 0 Å². The summed E-state index contributed by atoms with van der Waals surface area (Å²) in [7, 11) is -3.90. The molecule has 0 heterocycles. The summed E-state index contributed by atoms with van der Waals surface area (Å²) in [4.78, 5) is 10.4. The Kier molecular flexibility index (Phi) is 6.29. The molecule has 0 saturated heterocycles. The molecule has 0 aromatic heterocycles. The Labute approximate surface area is 170 Å². The number of benzene rings is 2. The summed E-state index contributed by atoms with van der Waals surface area (Å²) in [5.41, 5.74) is 5.89. The van der Waals surface area contributed by atoms with Crippen molar-refractivity contribution in [2.45, 2.75) is 38.0 Å². The van der Waals surface area contributed by atoms with E-state index in [1.54, 1.807) is 13.8 Å². The molecule has 0 aliphatic heterocycles. The number of hydrogen-bond acceptors (Lipinski definition) is 6. The summed E-state index contributed by atoms with van der Waals surface area (Å²) in [6.45, 7) is 3.99. The summed E-state index contributed by atoms with van der Waals surface area (Å²) >= 11 is 0. The maximum absolute atomic E-state index is 13.1. The van der Waals surface area contributed by atoms with Gasteiger partial charge in [0.1, 0.15) is 4.90 Å². The molecule has 2 aromatic rings. The summed E-state index contributed by atoms with van der Waals surface area (Å²) in [6, 6.07) is 11.8. The fourth-order valence-corrected chi connectivity index (χ4v) is 5.10. The molecule has 2 aromatic carbocycles.